The van der Waals surface area contributed by atoms with E-state index in [0.717, 1.165) is 38.7 Å². The molecule has 0 unspecified atom stereocenters. The number of nitrogens with zero attached hydrogens (tertiary/aromatic N) is 1. The third kappa shape index (κ3) is 2.95. The zero-order chi connectivity index (χ0) is 19.8. The Bertz CT molecular complexity index is 1390. The molecule has 0 amide bonds. The quantitative estimate of drug-likeness (QED) is 0.378. The molecule has 140 valence electrons. The van der Waals surface area contributed by atoms with Crippen molar-refractivity contribution in [3.05, 3.63) is 95.3 Å². The van der Waals surface area contributed by atoms with Gasteiger partial charge in [-0.25, -0.2) is 9.78 Å². The van der Waals surface area contributed by atoms with Gasteiger partial charge in [-0.15, -0.1) is 0 Å². The van der Waals surface area contributed by atoms with Crippen LogP contribution in [0.4, 0.5) is 0 Å². The lowest BCUT2D eigenvalue weighted by atomic mass is 9.96. The van der Waals surface area contributed by atoms with E-state index in [2.05, 4.69) is 17.1 Å². The van der Waals surface area contributed by atoms with Crippen molar-refractivity contribution in [3.63, 3.8) is 0 Å². The maximum absolute atomic E-state index is 12.7. The molecule has 4 heteroatoms. The second kappa shape index (κ2) is 6.91. The number of methoxy groups -OCH3 is 1. The van der Waals surface area contributed by atoms with E-state index in [1.165, 1.54) is 0 Å². The fraction of sp³-hybridized carbons (Fsp3) is 0.0400. The minimum absolute atomic E-state index is 0.338. The van der Waals surface area contributed by atoms with Crippen LogP contribution < -0.4 is 10.4 Å². The molecule has 0 spiro atoms. The lowest BCUT2D eigenvalue weighted by Gasteiger charge is -2.11. The van der Waals surface area contributed by atoms with Crippen LogP contribution in [0.5, 0.6) is 5.75 Å². The fourth-order valence-corrected chi connectivity index (χ4v) is 3.65. The molecule has 4 nitrogen and oxygen atoms in total. The van der Waals surface area contributed by atoms with Crippen LogP contribution in [-0.4, -0.2) is 12.1 Å². The molecule has 29 heavy (non-hydrogen) atoms. The molecule has 0 fully saturated rings. The second-order valence-electron chi connectivity index (χ2n) is 6.76. The highest BCUT2D eigenvalue weighted by Gasteiger charge is 2.16. The molecule has 5 aromatic rings. The van der Waals surface area contributed by atoms with Crippen molar-refractivity contribution in [2.45, 2.75) is 0 Å². The number of hydrogen-bond donors (Lipinski definition) is 0. The zero-order valence-corrected chi connectivity index (χ0v) is 15.8. The van der Waals surface area contributed by atoms with Crippen molar-refractivity contribution in [2.24, 2.45) is 0 Å². The molecule has 2 heterocycles. The predicted octanol–water partition coefficient (Wildman–Crippen LogP) is 5.68. The van der Waals surface area contributed by atoms with Gasteiger partial charge >= 0.3 is 5.63 Å². The highest BCUT2D eigenvalue weighted by molar-refractivity contribution is 6.08. The first-order chi connectivity index (χ1) is 14.2. The van der Waals surface area contributed by atoms with Crippen LogP contribution in [0.25, 0.3) is 44.3 Å². The number of ether oxygens (including phenoxy) is 1. The maximum atomic E-state index is 12.7. The van der Waals surface area contributed by atoms with Gasteiger partial charge in [0.1, 0.15) is 5.75 Å². The van der Waals surface area contributed by atoms with E-state index in [9.17, 15) is 4.79 Å². The molecule has 3 aromatic carbocycles. The Hall–Kier alpha value is -3.92. The molecule has 0 saturated carbocycles. The Labute approximate surface area is 167 Å². The van der Waals surface area contributed by atoms with E-state index in [1.54, 1.807) is 7.11 Å². The number of rotatable bonds is 3. The van der Waals surface area contributed by atoms with Crippen LogP contribution >= 0.6 is 0 Å². The lowest BCUT2D eigenvalue weighted by Crippen LogP contribution is -2.04. The van der Waals surface area contributed by atoms with Gasteiger partial charge in [0.2, 0.25) is 5.71 Å². The number of fused-ring (bicyclic) bond motifs is 2. The maximum Gasteiger partial charge on any atom is 0.345 e. The number of hydrogen-bond acceptors (Lipinski definition) is 4. The monoisotopic (exact) mass is 379 g/mol. The Kier molecular flexibility index (Phi) is 4.10. The van der Waals surface area contributed by atoms with Gasteiger partial charge in [0.05, 0.1) is 18.2 Å². The van der Waals surface area contributed by atoms with Gasteiger partial charge in [0, 0.05) is 16.3 Å². The molecule has 0 N–H and O–H groups in total. The normalized spacial score (nSPS) is 11.1. The Morgan fingerprint density at radius 2 is 1.52 bits per heavy atom. The van der Waals surface area contributed by atoms with Crippen molar-refractivity contribution in [1.82, 2.24) is 4.98 Å². The van der Waals surface area contributed by atoms with Gasteiger partial charge < -0.3 is 9.15 Å². The van der Waals surface area contributed by atoms with E-state index < -0.39 is 5.63 Å². The van der Waals surface area contributed by atoms with E-state index in [-0.39, 0.29) is 0 Å². The van der Waals surface area contributed by atoms with Crippen LogP contribution in [0, 0.1) is 0 Å². The summed E-state index contributed by atoms with van der Waals surface area (Å²) in [4.78, 5) is 17.3. The summed E-state index contributed by atoms with van der Waals surface area (Å²) in [6.07, 6.45) is 0. The van der Waals surface area contributed by atoms with Gasteiger partial charge in [-0.05, 0) is 35.4 Å². The molecule has 5 rings (SSSR count). The van der Waals surface area contributed by atoms with E-state index >= 15 is 0 Å². The summed E-state index contributed by atoms with van der Waals surface area (Å²) in [7, 11) is 1.61. The van der Waals surface area contributed by atoms with Gasteiger partial charge in [0.15, 0.2) is 0 Å². The van der Waals surface area contributed by atoms with Crippen LogP contribution in [0.15, 0.2) is 94.1 Å². The molecule has 2 aromatic heterocycles. The molecule has 0 saturated heterocycles. The topological polar surface area (TPSA) is 52.3 Å². The minimum atomic E-state index is -0.413. The number of aromatic nitrogens is 1. The summed E-state index contributed by atoms with van der Waals surface area (Å²) in [5, 5.41) is 1.82. The van der Waals surface area contributed by atoms with Gasteiger partial charge in [0.25, 0.3) is 0 Å². The average Bonchev–Trinajstić information content (AvgIpc) is 2.78. The van der Waals surface area contributed by atoms with Crippen molar-refractivity contribution in [1.29, 1.82) is 0 Å². The van der Waals surface area contributed by atoms with Crippen LogP contribution in [-0.2, 0) is 0 Å². The average molecular weight is 379 g/mol. The predicted molar refractivity (Wildman–Crippen MR) is 115 cm³/mol. The van der Waals surface area contributed by atoms with Crippen LogP contribution in [0.2, 0.25) is 0 Å². The standard InChI is InChI=1S/C25H17NO3/c1-28-18-13-11-16(12-14-18)20-15-21-23(17-7-3-2-4-8-17)19-9-5-6-10-22(19)26-24(21)29-25(20)27/h2-15H,1H3. The SMILES string of the molecule is COc1ccc(-c2cc3c(-c4ccccc4)c4ccccc4nc3oc2=O)cc1. The Balaban J connectivity index is 1.86. The summed E-state index contributed by atoms with van der Waals surface area (Å²) < 4.78 is 10.9. The second-order valence-corrected chi connectivity index (χ2v) is 6.76. The molecule has 0 aliphatic carbocycles. The largest absolute Gasteiger partial charge is 0.497 e. The number of para-hydroxylation sites is 1. The summed E-state index contributed by atoms with van der Waals surface area (Å²) in [5.41, 5.74) is 4.03. The van der Waals surface area contributed by atoms with Crippen LogP contribution in [0.3, 0.4) is 0 Å². The van der Waals surface area contributed by atoms with Crippen molar-refractivity contribution in [3.8, 4) is 28.0 Å². The first kappa shape index (κ1) is 17.2. The molecule has 0 radical (unpaired) electrons. The van der Waals surface area contributed by atoms with Crippen molar-refractivity contribution < 1.29 is 9.15 Å². The lowest BCUT2D eigenvalue weighted by molar-refractivity contribution is 0.415. The van der Waals surface area contributed by atoms with E-state index in [0.29, 0.717) is 11.3 Å². The highest BCUT2D eigenvalue weighted by atomic mass is 16.5. The van der Waals surface area contributed by atoms with E-state index in [1.807, 2.05) is 72.8 Å². The van der Waals surface area contributed by atoms with Gasteiger partial charge in [-0.3, -0.25) is 0 Å². The third-order valence-electron chi connectivity index (χ3n) is 5.06. The van der Waals surface area contributed by atoms with Crippen molar-refractivity contribution >= 4 is 22.0 Å². The first-order valence-electron chi connectivity index (χ1n) is 9.31. The number of pyridine rings is 1. The molecular formula is C25H17NO3. The summed E-state index contributed by atoms with van der Waals surface area (Å²) in [6.45, 7) is 0. The van der Waals surface area contributed by atoms with Gasteiger partial charge in [-0.2, -0.15) is 0 Å². The molecule has 0 aliphatic heterocycles. The Morgan fingerprint density at radius 3 is 2.28 bits per heavy atom. The zero-order valence-electron chi connectivity index (χ0n) is 15.8. The number of benzene rings is 3. The summed E-state index contributed by atoms with van der Waals surface area (Å²) in [5.74, 6) is 0.733. The minimum Gasteiger partial charge on any atom is -0.497 e. The van der Waals surface area contributed by atoms with Crippen molar-refractivity contribution in [2.75, 3.05) is 7.11 Å². The third-order valence-corrected chi connectivity index (χ3v) is 5.06. The smallest absolute Gasteiger partial charge is 0.345 e. The van der Waals surface area contributed by atoms with Gasteiger partial charge in [-0.1, -0.05) is 60.7 Å². The molecule has 0 bridgehead atoms. The van der Waals surface area contributed by atoms with E-state index in [4.69, 9.17) is 9.15 Å². The first-order valence-corrected chi connectivity index (χ1v) is 9.31. The summed E-state index contributed by atoms with van der Waals surface area (Å²) >= 11 is 0. The Morgan fingerprint density at radius 1 is 0.793 bits per heavy atom. The fourth-order valence-electron chi connectivity index (χ4n) is 3.65. The van der Waals surface area contributed by atoms with Crippen LogP contribution in [0.1, 0.15) is 0 Å². The molecule has 0 atom stereocenters. The molecular weight excluding hydrogens is 362 g/mol. The highest BCUT2D eigenvalue weighted by Crippen LogP contribution is 2.35. The summed E-state index contributed by atoms with van der Waals surface area (Å²) in [6, 6.07) is 27.2. The molecule has 0 aliphatic rings.